The average molecular weight is 345 g/mol. The van der Waals surface area contributed by atoms with Crippen LogP contribution in [0.5, 0.6) is 0 Å². The predicted molar refractivity (Wildman–Crippen MR) is 94.9 cm³/mol. The minimum atomic E-state index is -0.265. The molecule has 3 heterocycles. The van der Waals surface area contributed by atoms with Gasteiger partial charge in [-0.15, -0.1) is 0 Å². The zero-order valence-corrected chi connectivity index (χ0v) is 13.7. The topological polar surface area (TPSA) is 96.7 Å². The molecule has 0 unspecified atom stereocenters. The molecule has 0 saturated carbocycles. The molecule has 0 spiro atoms. The molecule has 2 N–H and O–H groups in total. The highest BCUT2D eigenvalue weighted by molar-refractivity contribution is 5.98. The lowest BCUT2D eigenvalue weighted by Gasteiger charge is -2.04. The van der Waals surface area contributed by atoms with Gasteiger partial charge in [0.25, 0.3) is 5.91 Å². The van der Waals surface area contributed by atoms with Crippen molar-refractivity contribution in [1.29, 1.82) is 0 Å². The van der Waals surface area contributed by atoms with Gasteiger partial charge in [-0.3, -0.25) is 14.9 Å². The van der Waals surface area contributed by atoms with E-state index in [9.17, 15) is 4.79 Å². The maximum Gasteiger partial charge on any atom is 0.270 e. The Morgan fingerprint density at radius 1 is 1.08 bits per heavy atom. The van der Waals surface area contributed by atoms with Crippen molar-refractivity contribution in [3.8, 4) is 22.5 Å². The molecule has 7 nitrogen and oxygen atoms in total. The number of amides is 1. The lowest BCUT2D eigenvalue weighted by atomic mass is 10.1. The van der Waals surface area contributed by atoms with Crippen molar-refractivity contribution in [1.82, 2.24) is 25.7 Å². The molecule has 0 fully saturated rings. The lowest BCUT2D eigenvalue weighted by Crippen LogP contribution is -2.23. The third-order valence-electron chi connectivity index (χ3n) is 3.91. The van der Waals surface area contributed by atoms with Gasteiger partial charge >= 0.3 is 0 Å². The Labute approximate surface area is 149 Å². The molecule has 0 radical (unpaired) electrons. The van der Waals surface area contributed by atoms with E-state index in [-0.39, 0.29) is 12.5 Å². The quantitative estimate of drug-likeness (QED) is 0.579. The maximum atomic E-state index is 12.5. The van der Waals surface area contributed by atoms with E-state index in [1.807, 2.05) is 48.5 Å². The standard InChI is InChI=1S/C19H15N5O2/c25-19(18-16(12-22-23-18)13-6-8-20-9-7-13)21-11-15-10-17(26-24-15)14-4-2-1-3-5-14/h1-10,12H,11H2,(H,21,25)(H,22,23). The van der Waals surface area contributed by atoms with E-state index < -0.39 is 0 Å². The number of aromatic amines is 1. The number of nitrogens with zero attached hydrogens (tertiary/aromatic N) is 3. The van der Waals surface area contributed by atoms with E-state index >= 15 is 0 Å². The number of H-pyrrole nitrogens is 1. The van der Waals surface area contributed by atoms with Crippen LogP contribution in [0.1, 0.15) is 16.2 Å². The van der Waals surface area contributed by atoms with Crippen molar-refractivity contribution < 1.29 is 9.32 Å². The molecule has 4 rings (SSSR count). The lowest BCUT2D eigenvalue weighted by molar-refractivity contribution is 0.0945. The smallest absolute Gasteiger partial charge is 0.270 e. The van der Waals surface area contributed by atoms with E-state index in [4.69, 9.17) is 4.52 Å². The summed E-state index contributed by atoms with van der Waals surface area (Å²) < 4.78 is 5.34. The Morgan fingerprint density at radius 2 is 1.88 bits per heavy atom. The number of rotatable bonds is 5. The summed E-state index contributed by atoms with van der Waals surface area (Å²) >= 11 is 0. The fourth-order valence-electron chi connectivity index (χ4n) is 2.60. The summed E-state index contributed by atoms with van der Waals surface area (Å²) in [4.78, 5) is 16.5. The zero-order chi connectivity index (χ0) is 17.8. The molecule has 0 aliphatic heterocycles. The van der Waals surface area contributed by atoms with Gasteiger partial charge in [-0.05, 0) is 17.7 Å². The summed E-state index contributed by atoms with van der Waals surface area (Å²) in [6.45, 7) is 0.254. The molecule has 7 heteroatoms. The third kappa shape index (κ3) is 3.23. The first-order valence-corrected chi connectivity index (χ1v) is 8.04. The summed E-state index contributed by atoms with van der Waals surface area (Å²) in [5.41, 5.74) is 3.55. The van der Waals surface area contributed by atoms with Crippen molar-refractivity contribution in [2.75, 3.05) is 0 Å². The van der Waals surface area contributed by atoms with Gasteiger partial charge < -0.3 is 9.84 Å². The number of aromatic nitrogens is 4. The zero-order valence-electron chi connectivity index (χ0n) is 13.7. The minimum absolute atomic E-state index is 0.254. The molecule has 3 aromatic heterocycles. The van der Waals surface area contributed by atoms with Crippen LogP contribution in [0, 0.1) is 0 Å². The second-order valence-corrected chi connectivity index (χ2v) is 5.63. The minimum Gasteiger partial charge on any atom is -0.356 e. The Morgan fingerprint density at radius 3 is 2.69 bits per heavy atom. The summed E-state index contributed by atoms with van der Waals surface area (Å²) in [6, 6.07) is 15.1. The van der Waals surface area contributed by atoms with Gasteiger partial charge in [0.15, 0.2) is 5.76 Å². The fourth-order valence-corrected chi connectivity index (χ4v) is 2.60. The largest absolute Gasteiger partial charge is 0.356 e. The van der Waals surface area contributed by atoms with Crippen LogP contribution in [-0.4, -0.2) is 26.2 Å². The van der Waals surface area contributed by atoms with Gasteiger partial charge in [0.2, 0.25) is 0 Å². The number of benzene rings is 1. The molecule has 0 aliphatic carbocycles. The van der Waals surface area contributed by atoms with E-state index in [1.54, 1.807) is 18.6 Å². The van der Waals surface area contributed by atoms with Crippen LogP contribution in [-0.2, 0) is 6.54 Å². The van der Waals surface area contributed by atoms with Crippen LogP contribution >= 0.6 is 0 Å². The molecule has 128 valence electrons. The molecule has 1 amide bonds. The van der Waals surface area contributed by atoms with Crippen LogP contribution in [0.15, 0.2) is 71.6 Å². The summed E-state index contributed by atoms with van der Waals surface area (Å²) in [5.74, 6) is 0.396. The third-order valence-corrected chi connectivity index (χ3v) is 3.91. The Kier molecular flexibility index (Phi) is 4.26. The highest BCUT2D eigenvalue weighted by Crippen LogP contribution is 2.22. The van der Waals surface area contributed by atoms with Gasteiger partial charge in [-0.2, -0.15) is 5.10 Å². The average Bonchev–Trinajstić information content (AvgIpc) is 3.37. The first-order chi connectivity index (χ1) is 12.8. The second kappa shape index (κ2) is 7.02. The van der Waals surface area contributed by atoms with Crippen molar-refractivity contribution in [3.63, 3.8) is 0 Å². The van der Waals surface area contributed by atoms with Crippen LogP contribution in [0.2, 0.25) is 0 Å². The Balaban J connectivity index is 1.46. The van der Waals surface area contributed by atoms with E-state index in [2.05, 4.69) is 25.7 Å². The van der Waals surface area contributed by atoms with E-state index in [0.29, 0.717) is 17.1 Å². The second-order valence-electron chi connectivity index (χ2n) is 5.63. The number of carbonyl (C=O) groups excluding carboxylic acids is 1. The SMILES string of the molecule is O=C(NCc1cc(-c2ccccc2)on1)c1[nH]ncc1-c1ccncc1. The normalized spacial score (nSPS) is 10.6. The molecule has 0 saturated heterocycles. The highest BCUT2D eigenvalue weighted by Gasteiger charge is 2.16. The number of carbonyl (C=O) groups is 1. The van der Waals surface area contributed by atoms with Crippen LogP contribution in [0.3, 0.4) is 0 Å². The molecular weight excluding hydrogens is 330 g/mol. The maximum absolute atomic E-state index is 12.5. The van der Waals surface area contributed by atoms with Crippen LogP contribution in [0.25, 0.3) is 22.5 Å². The summed E-state index contributed by atoms with van der Waals surface area (Å²) in [5, 5.41) is 13.6. The Bertz CT molecular complexity index is 1010. The first-order valence-electron chi connectivity index (χ1n) is 8.04. The summed E-state index contributed by atoms with van der Waals surface area (Å²) in [6.07, 6.45) is 4.96. The fraction of sp³-hybridized carbons (Fsp3) is 0.0526. The number of pyridine rings is 1. The molecule has 0 bridgehead atoms. The molecular formula is C19H15N5O2. The van der Waals surface area contributed by atoms with Crippen LogP contribution in [0.4, 0.5) is 0 Å². The summed E-state index contributed by atoms with van der Waals surface area (Å²) in [7, 11) is 0. The predicted octanol–water partition coefficient (Wildman–Crippen LogP) is 3.06. The van der Waals surface area contributed by atoms with Gasteiger partial charge in [0.05, 0.1) is 12.7 Å². The number of nitrogens with one attached hydrogen (secondary N) is 2. The van der Waals surface area contributed by atoms with Gasteiger partial charge in [-0.25, -0.2) is 0 Å². The Hall–Kier alpha value is -3.74. The first kappa shape index (κ1) is 15.8. The van der Waals surface area contributed by atoms with Crippen molar-refractivity contribution in [2.24, 2.45) is 0 Å². The van der Waals surface area contributed by atoms with Gasteiger partial charge in [0.1, 0.15) is 11.4 Å². The van der Waals surface area contributed by atoms with E-state index in [1.165, 1.54) is 0 Å². The van der Waals surface area contributed by atoms with Crippen molar-refractivity contribution >= 4 is 5.91 Å². The van der Waals surface area contributed by atoms with Gasteiger partial charge in [0, 0.05) is 29.6 Å². The highest BCUT2D eigenvalue weighted by atomic mass is 16.5. The molecule has 0 atom stereocenters. The van der Waals surface area contributed by atoms with Crippen molar-refractivity contribution in [3.05, 3.63) is 78.5 Å². The van der Waals surface area contributed by atoms with Crippen molar-refractivity contribution in [2.45, 2.75) is 6.54 Å². The molecule has 0 aliphatic rings. The number of hydrogen-bond donors (Lipinski definition) is 2. The molecule has 1 aromatic carbocycles. The molecule has 4 aromatic rings. The van der Waals surface area contributed by atoms with E-state index in [0.717, 1.165) is 16.7 Å². The monoisotopic (exact) mass is 345 g/mol. The molecule has 26 heavy (non-hydrogen) atoms. The van der Waals surface area contributed by atoms with Gasteiger partial charge in [-0.1, -0.05) is 35.5 Å². The van der Waals surface area contributed by atoms with Crippen LogP contribution < -0.4 is 5.32 Å². The number of hydrogen-bond acceptors (Lipinski definition) is 5.